The van der Waals surface area contributed by atoms with Crippen LogP contribution in [0.25, 0.3) is 11.1 Å². The minimum atomic E-state index is -0.971. The van der Waals surface area contributed by atoms with Crippen molar-refractivity contribution in [1.82, 2.24) is 9.80 Å². The summed E-state index contributed by atoms with van der Waals surface area (Å²) in [5, 5.41) is 9.91. The second kappa shape index (κ2) is 12.9. The highest BCUT2D eigenvalue weighted by atomic mass is 35.5. The normalized spacial score (nSPS) is 17.3. The van der Waals surface area contributed by atoms with Crippen molar-refractivity contribution in [2.24, 2.45) is 0 Å². The third-order valence-corrected chi connectivity index (χ3v) is 8.03. The molecule has 0 unspecified atom stereocenters. The lowest BCUT2D eigenvalue weighted by atomic mass is 9.87. The molecule has 8 heteroatoms. The molecule has 0 bridgehead atoms. The largest absolute Gasteiger partial charge is 0.489 e. The van der Waals surface area contributed by atoms with E-state index < -0.39 is 5.97 Å². The first kappa shape index (κ1) is 29.5. The number of fused-ring (bicyclic) bond motifs is 1. The standard InChI is InChI=1S/C34H34ClFN2O4/c1-37(2)32(39)7-4-17-38-18-16-27(21-38)42-26-12-8-22(9-13-26)33-28-14-10-24(34(40)41)19-23(28)5-3-6-30(33)29-15-11-25(35)20-31(29)36/h4,7-15,19-20,27H,3,5-6,16-18,21H2,1-2H3,(H,40,41)/b7-4+/t27-/m0/s1. The number of hydrogen-bond donors (Lipinski definition) is 1. The van der Waals surface area contributed by atoms with Crippen LogP contribution in [0.4, 0.5) is 4.39 Å². The first-order valence-electron chi connectivity index (χ1n) is 14.1. The van der Waals surface area contributed by atoms with E-state index in [2.05, 4.69) is 4.90 Å². The average Bonchev–Trinajstić information content (AvgIpc) is 3.31. The molecule has 6 nitrogen and oxygen atoms in total. The first-order valence-corrected chi connectivity index (χ1v) is 14.5. The van der Waals surface area contributed by atoms with Gasteiger partial charge in [-0.1, -0.05) is 41.9 Å². The number of nitrogens with zero attached hydrogens (tertiary/aromatic N) is 2. The molecule has 1 fully saturated rings. The van der Waals surface area contributed by atoms with Crippen molar-refractivity contribution in [2.75, 3.05) is 33.7 Å². The molecule has 3 aromatic carbocycles. The number of benzene rings is 3. The quantitative estimate of drug-likeness (QED) is 0.301. The van der Waals surface area contributed by atoms with Crippen molar-refractivity contribution in [1.29, 1.82) is 0 Å². The SMILES string of the molecule is CN(C)C(=O)/C=C/CN1CC[C@H](Oc2ccc(C3=C(c4ccc(Cl)cc4F)CCCc4cc(C(=O)O)ccc43)cc2)C1. The van der Waals surface area contributed by atoms with E-state index in [0.717, 1.165) is 59.5 Å². The topological polar surface area (TPSA) is 70.1 Å². The van der Waals surface area contributed by atoms with Crippen molar-refractivity contribution in [3.05, 3.63) is 111 Å². The van der Waals surface area contributed by atoms with Crippen LogP contribution in [0.5, 0.6) is 5.75 Å². The Labute approximate surface area is 250 Å². The Morgan fingerprint density at radius 3 is 2.55 bits per heavy atom. The number of carboxylic acid groups (broad SMARTS) is 1. The number of halogens is 2. The van der Waals surface area contributed by atoms with Gasteiger partial charge in [0.1, 0.15) is 17.7 Å². The molecule has 0 radical (unpaired) electrons. The number of likely N-dealkylation sites (N-methyl/N-ethyl adjacent to an activating group) is 1. The van der Waals surface area contributed by atoms with E-state index in [1.54, 1.807) is 49.3 Å². The minimum absolute atomic E-state index is 0.0298. The Bertz CT molecular complexity index is 1550. The van der Waals surface area contributed by atoms with Crippen LogP contribution in [0.2, 0.25) is 5.02 Å². The van der Waals surface area contributed by atoms with Crippen molar-refractivity contribution in [3.8, 4) is 5.75 Å². The van der Waals surface area contributed by atoms with Gasteiger partial charge < -0.3 is 14.7 Å². The summed E-state index contributed by atoms with van der Waals surface area (Å²) >= 11 is 6.07. The predicted octanol–water partition coefficient (Wildman–Crippen LogP) is 6.57. The summed E-state index contributed by atoms with van der Waals surface area (Å²) in [6.45, 7) is 2.35. The smallest absolute Gasteiger partial charge is 0.335 e. The maximum absolute atomic E-state index is 15.2. The zero-order valence-corrected chi connectivity index (χ0v) is 24.5. The van der Waals surface area contributed by atoms with Gasteiger partial charge in [0.15, 0.2) is 0 Å². The summed E-state index contributed by atoms with van der Waals surface area (Å²) in [5.41, 5.74) is 5.23. The number of likely N-dealkylation sites (tertiary alicyclic amines) is 1. The number of allylic oxidation sites excluding steroid dienone is 1. The van der Waals surface area contributed by atoms with Crippen LogP contribution >= 0.6 is 11.6 Å². The van der Waals surface area contributed by atoms with E-state index >= 15 is 4.39 Å². The van der Waals surface area contributed by atoms with E-state index in [1.807, 2.05) is 36.4 Å². The molecule has 3 aromatic rings. The van der Waals surface area contributed by atoms with Gasteiger partial charge in [0.2, 0.25) is 5.91 Å². The van der Waals surface area contributed by atoms with Crippen molar-refractivity contribution < 1.29 is 23.8 Å². The summed E-state index contributed by atoms with van der Waals surface area (Å²) in [6, 6.07) is 17.8. The molecule has 1 saturated heterocycles. The summed E-state index contributed by atoms with van der Waals surface area (Å²) < 4.78 is 21.5. The van der Waals surface area contributed by atoms with Gasteiger partial charge in [0.05, 0.1) is 5.56 Å². The maximum Gasteiger partial charge on any atom is 0.335 e. The molecule has 42 heavy (non-hydrogen) atoms. The lowest BCUT2D eigenvalue weighted by molar-refractivity contribution is -0.123. The molecule has 5 rings (SSSR count). The van der Waals surface area contributed by atoms with Gasteiger partial charge >= 0.3 is 5.97 Å². The second-order valence-corrected chi connectivity index (χ2v) is 11.4. The van der Waals surface area contributed by atoms with Gasteiger partial charge in [-0.15, -0.1) is 0 Å². The number of hydrogen-bond acceptors (Lipinski definition) is 4. The first-order chi connectivity index (χ1) is 20.2. The third kappa shape index (κ3) is 6.75. The molecule has 1 amide bonds. The monoisotopic (exact) mass is 588 g/mol. The molecule has 218 valence electrons. The summed E-state index contributed by atoms with van der Waals surface area (Å²) in [7, 11) is 3.46. The van der Waals surface area contributed by atoms with Gasteiger partial charge in [-0.25, -0.2) is 9.18 Å². The van der Waals surface area contributed by atoms with Gasteiger partial charge in [-0.3, -0.25) is 9.69 Å². The molecule has 2 aliphatic rings. The van der Waals surface area contributed by atoms with Gasteiger partial charge in [-0.2, -0.15) is 0 Å². The number of ether oxygens (including phenoxy) is 1. The van der Waals surface area contributed by atoms with Crippen molar-refractivity contribution >= 4 is 34.6 Å². The summed E-state index contributed by atoms with van der Waals surface area (Å²) in [6.07, 6.45) is 6.50. The number of carbonyl (C=O) groups excluding carboxylic acids is 1. The van der Waals surface area contributed by atoms with E-state index in [-0.39, 0.29) is 23.4 Å². The molecular weight excluding hydrogens is 555 g/mol. The fourth-order valence-electron chi connectivity index (χ4n) is 5.66. The third-order valence-electron chi connectivity index (χ3n) is 7.79. The van der Waals surface area contributed by atoms with E-state index in [0.29, 0.717) is 30.0 Å². The van der Waals surface area contributed by atoms with Gasteiger partial charge in [0, 0.05) is 50.4 Å². The van der Waals surface area contributed by atoms with Crippen molar-refractivity contribution in [3.63, 3.8) is 0 Å². The van der Waals surface area contributed by atoms with Crippen LogP contribution in [0.3, 0.4) is 0 Å². The van der Waals surface area contributed by atoms with Crippen molar-refractivity contribution in [2.45, 2.75) is 31.8 Å². The van der Waals surface area contributed by atoms with Crippen LogP contribution in [0, 0.1) is 5.82 Å². The molecular formula is C34H34ClFN2O4. The number of amides is 1. The number of carbonyl (C=O) groups is 2. The van der Waals surface area contributed by atoms with Crippen LogP contribution in [0.1, 0.15) is 51.9 Å². The fourth-order valence-corrected chi connectivity index (χ4v) is 5.82. The lowest BCUT2D eigenvalue weighted by Crippen LogP contribution is -2.25. The maximum atomic E-state index is 15.2. The molecule has 1 atom stereocenters. The number of carboxylic acids is 1. The zero-order valence-electron chi connectivity index (χ0n) is 23.8. The van der Waals surface area contributed by atoms with Crippen LogP contribution in [-0.4, -0.2) is 66.6 Å². The molecule has 1 aliphatic carbocycles. The predicted molar refractivity (Wildman–Crippen MR) is 163 cm³/mol. The highest BCUT2D eigenvalue weighted by Crippen LogP contribution is 2.41. The number of rotatable bonds is 8. The van der Waals surface area contributed by atoms with E-state index in [1.165, 1.54) is 6.07 Å². The van der Waals surface area contributed by atoms with Gasteiger partial charge in [-0.05, 0) is 89.9 Å². The number of aryl methyl sites for hydroxylation is 1. The Balaban J connectivity index is 1.41. The molecule has 1 N–H and O–H groups in total. The Hall–Kier alpha value is -3.94. The Kier molecular flexibility index (Phi) is 9.09. The van der Waals surface area contributed by atoms with E-state index in [4.69, 9.17) is 16.3 Å². The minimum Gasteiger partial charge on any atom is -0.489 e. The highest BCUT2D eigenvalue weighted by Gasteiger charge is 2.25. The fraction of sp³-hybridized carbons (Fsp3) is 0.294. The second-order valence-electron chi connectivity index (χ2n) is 11.0. The molecule has 1 aliphatic heterocycles. The number of aromatic carboxylic acids is 1. The Morgan fingerprint density at radius 2 is 1.83 bits per heavy atom. The molecule has 0 spiro atoms. The highest BCUT2D eigenvalue weighted by molar-refractivity contribution is 6.30. The molecule has 0 aromatic heterocycles. The van der Waals surface area contributed by atoms with Crippen LogP contribution in [0.15, 0.2) is 72.8 Å². The molecule has 1 heterocycles. The van der Waals surface area contributed by atoms with Crippen LogP contribution in [-0.2, 0) is 11.2 Å². The summed E-state index contributed by atoms with van der Waals surface area (Å²) in [5.74, 6) is -0.634. The summed E-state index contributed by atoms with van der Waals surface area (Å²) in [4.78, 5) is 27.2. The molecule has 0 saturated carbocycles. The average molecular weight is 589 g/mol. The zero-order chi connectivity index (χ0) is 29.8. The van der Waals surface area contributed by atoms with E-state index in [9.17, 15) is 14.7 Å². The van der Waals surface area contributed by atoms with Gasteiger partial charge in [0.25, 0.3) is 0 Å². The van der Waals surface area contributed by atoms with Crippen LogP contribution < -0.4 is 4.74 Å². The Morgan fingerprint density at radius 1 is 1.07 bits per heavy atom. The lowest BCUT2D eigenvalue weighted by Gasteiger charge is -2.19.